The monoisotopic (exact) mass is 319 g/mol. The van der Waals surface area contributed by atoms with Gasteiger partial charge in [-0.1, -0.05) is 48.5 Å². The van der Waals surface area contributed by atoms with Gasteiger partial charge in [0.05, 0.1) is 0 Å². The highest BCUT2D eigenvalue weighted by atomic mass is 19.4. The zero-order valence-corrected chi connectivity index (χ0v) is 11.9. The Labute approximate surface area is 130 Å². The molecular formula is C17H12F3NO2. The fourth-order valence-corrected chi connectivity index (χ4v) is 2.40. The van der Waals surface area contributed by atoms with Crippen molar-refractivity contribution in [1.82, 2.24) is 0 Å². The smallest absolute Gasteiger partial charge is 0.405 e. The molecule has 2 aromatic carbocycles. The average molecular weight is 319 g/mol. The molecule has 0 saturated heterocycles. The van der Waals surface area contributed by atoms with Crippen molar-refractivity contribution in [2.75, 3.05) is 0 Å². The van der Waals surface area contributed by atoms with Crippen LogP contribution in [0.4, 0.5) is 13.2 Å². The van der Waals surface area contributed by atoms with Crippen molar-refractivity contribution >= 4 is 11.9 Å². The third-order valence-corrected chi connectivity index (χ3v) is 3.61. The van der Waals surface area contributed by atoms with E-state index in [1.54, 1.807) is 48.5 Å². The minimum atomic E-state index is -4.85. The van der Waals surface area contributed by atoms with E-state index in [1.165, 1.54) is 12.1 Å². The van der Waals surface area contributed by atoms with Crippen molar-refractivity contribution in [2.45, 2.75) is 18.1 Å². The number of alkyl halides is 3. The van der Waals surface area contributed by atoms with Crippen LogP contribution in [0, 0.1) is 0 Å². The van der Waals surface area contributed by atoms with Crippen molar-refractivity contribution < 1.29 is 22.7 Å². The summed E-state index contributed by atoms with van der Waals surface area (Å²) in [6.07, 6.45) is -5.44. The van der Waals surface area contributed by atoms with Gasteiger partial charge in [-0.2, -0.15) is 13.2 Å². The average Bonchev–Trinajstić information content (AvgIpc) is 2.87. The predicted molar refractivity (Wildman–Crippen MR) is 78.0 cm³/mol. The van der Waals surface area contributed by atoms with Crippen LogP contribution in [0.3, 0.4) is 0 Å². The molecule has 0 aliphatic carbocycles. The summed E-state index contributed by atoms with van der Waals surface area (Å²) in [5.41, 5.74) is -2.21. The molecule has 3 nitrogen and oxygen atoms in total. The van der Waals surface area contributed by atoms with E-state index in [0.29, 0.717) is 11.1 Å². The second-order valence-electron chi connectivity index (χ2n) is 5.19. The molecule has 2 aromatic rings. The van der Waals surface area contributed by atoms with Crippen LogP contribution in [-0.2, 0) is 16.0 Å². The van der Waals surface area contributed by atoms with Gasteiger partial charge in [-0.25, -0.2) is 9.79 Å². The predicted octanol–water partition coefficient (Wildman–Crippen LogP) is 3.53. The lowest BCUT2D eigenvalue weighted by Gasteiger charge is -2.24. The van der Waals surface area contributed by atoms with E-state index in [2.05, 4.69) is 4.99 Å². The third kappa shape index (κ3) is 2.72. The Balaban J connectivity index is 2.06. The van der Waals surface area contributed by atoms with Crippen LogP contribution in [0.25, 0.3) is 0 Å². The van der Waals surface area contributed by atoms with Gasteiger partial charge in [0.2, 0.25) is 5.90 Å². The molecule has 0 bridgehead atoms. The summed E-state index contributed by atoms with van der Waals surface area (Å²) in [7, 11) is 0. The molecular weight excluding hydrogens is 307 g/mol. The fraction of sp³-hybridized carbons (Fsp3) is 0.176. The Hall–Kier alpha value is -2.63. The van der Waals surface area contributed by atoms with Crippen molar-refractivity contribution in [3.05, 3.63) is 71.8 Å². The molecule has 23 heavy (non-hydrogen) atoms. The molecule has 1 aliphatic heterocycles. The Morgan fingerprint density at radius 2 is 1.52 bits per heavy atom. The van der Waals surface area contributed by atoms with Gasteiger partial charge >= 0.3 is 12.1 Å². The summed E-state index contributed by atoms with van der Waals surface area (Å²) in [5.74, 6) is -1.70. The Bertz CT molecular complexity index is 741. The molecule has 0 spiro atoms. The number of ether oxygens (including phenoxy) is 1. The topological polar surface area (TPSA) is 38.7 Å². The van der Waals surface area contributed by atoms with Gasteiger partial charge < -0.3 is 4.74 Å². The number of nitrogens with zero attached hydrogens (tertiary/aromatic N) is 1. The highest BCUT2D eigenvalue weighted by Crippen LogP contribution is 2.41. The lowest BCUT2D eigenvalue weighted by molar-refractivity contribution is -0.195. The lowest BCUT2D eigenvalue weighted by atomic mass is 9.91. The van der Waals surface area contributed by atoms with Crippen molar-refractivity contribution in [1.29, 1.82) is 0 Å². The van der Waals surface area contributed by atoms with E-state index < -0.39 is 24.1 Å². The highest BCUT2D eigenvalue weighted by Gasteiger charge is 2.65. The Kier molecular flexibility index (Phi) is 3.67. The molecule has 0 saturated carbocycles. The number of rotatable bonds is 3. The fourth-order valence-electron chi connectivity index (χ4n) is 2.40. The highest BCUT2D eigenvalue weighted by molar-refractivity contribution is 6.08. The zero-order valence-electron chi connectivity index (χ0n) is 11.9. The van der Waals surface area contributed by atoms with E-state index >= 15 is 0 Å². The molecule has 6 heteroatoms. The Morgan fingerprint density at radius 1 is 0.957 bits per heavy atom. The summed E-state index contributed by atoms with van der Waals surface area (Å²) < 4.78 is 45.8. The van der Waals surface area contributed by atoms with E-state index in [4.69, 9.17) is 4.74 Å². The van der Waals surface area contributed by atoms with Gasteiger partial charge in [0.1, 0.15) is 0 Å². The lowest BCUT2D eigenvalue weighted by Crippen LogP contribution is -2.50. The summed E-state index contributed by atoms with van der Waals surface area (Å²) in [6, 6.07) is 16.0. The normalized spacial score (nSPS) is 21.0. The van der Waals surface area contributed by atoms with Gasteiger partial charge in [0.15, 0.2) is 0 Å². The first-order chi connectivity index (χ1) is 10.9. The summed E-state index contributed by atoms with van der Waals surface area (Å²) in [4.78, 5) is 15.7. The number of halogens is 3. The molecule has 1 atom stereocenters. The number of carbonyl (C=O) groups excluding carboxylic acids is 1. The van der Waals surface area contributed by atoms with E-state index in [-0.39, 0.29) is 5.90 Å². The maximum absolute atomic E-state index is 13.6. The molecule has 0 fully saturated rings. The standard InChI is InChI=1S/C17H12F3NO2/c18-17(19,20)16(11-12-7-3-1-4-8-12)15(22)23-14(21-16)13-9-5-2-6-10-13/h1-10H,11H2. The second kappa shape index (κ2) is 5.53. The largest absolute Gasteiger partial charge is 0.424 e. The van der Waals surface area contributed by atoms with Gasteiger partial charge in [0, 0.05) is 12.0 Å². The molecule has 118 valence electrons. The summed E-state index contributed by atoms with van der Waals surface area (Å²) in [6.45, 7) is 0. The maximum atomic E-state index is 13.6. The number of carbonyl (C=O) groups is 1. The number of aliphatic imine (C=N–C) groups is 1. The molecule has 1 unspecified atom stereocenters. The SMILES string of the molecule is O=C1OC(c2ccccc2)=NC1(Cc1ccccc1)C(F)(F)F. The van der Waals surface area contributed by atoms with Crippen LogP contribution < -0.4 is 0 Å². The van der Waals surface area contributed by atoms with E-state index in [9.17, 15) is 18.0 Å². The number of hydrogen-bond donors (Lipinski definition) is 0. The van der Waals surface area contributed by atoms with Crippen LogP contribution in [0.5, 0.6) is 0 Å². The molecule has 1 heterocycles. The van der Waals surface area contributed by atoms with Crippen LogP contribution in [0.2, 0.25) is 0 Å². The molecule has 0 amide bonds. The van der Waals surface area contributed by atoms with Gasteiger partial charge in [-0.3, -0.25) is 0 Å². The van der Waals surface area contributed by atoms with Crippen LogP contribution in [0.1, 0.15) is 11.1 Å². The van der Waals surface area contributed by atoms with E-state index in [0.717, 1.165) is 0 Å². The van der Waals surface area contributed by atoms with Gasteiger partial charge in [-0.05, 0) is 17.7 Å². The Morgan fingerprint density at radius 3 is 2.09 bits per heavy atom. The molecule has 0 N–H and O–H groups in total. The zero-order chi connectivity index (χ0) is 16.5. The minimum Gasteiger partial charge on any atom is -0.405 e. The van der Waals surface area contributed by atoms with Gasteiger partial charge in [-0.15, -0.1) is 0 Å². The third-order valence-electron chi connectivity index (χ3n) is 3.61. The summed E-state index contributed by atoms with van der Waals surface area (Å²) in [5, 5.41) is 0. The van der Waals surface area contributed by atoms with Crippen LogP contribution in [-0.4, -0.2) is 23.6 Å². The molecule has 3 rings (SSSR count). The number of cyclic esters (lactones) is 1. The van der Waals surface area contributed by atoms with Crippen molar-refractivity contribution in [3.63, 3.8) is 0 Å². The number of benzene rings is 2. The first kappa shape index (κ1) is 15.3. The van der Waals surface area contributed by atoms with Crippen molar-refractivity contribution in [2.24, 2.45) is 4.99 Å². The van der Waals surface area contributed by atoms with Crippen LogP contribution in [0.15, 0.2) is 65.7 Å². The second-order valence-corrected chi connectivity index (χ2v) is 5.19. The number of hydrogen-bond acceptors (Lipinski definition) is 3. The number of esters is 1. The van der Waals surface area contributed by atoms with E-state index in [1.807, 2.05) is 0 Å². The molecule has 0 aromatic heterocycles. The minimum absolute atomic E-state index is 0.302. The quantitative estimate of drug-likeness (QED) is 0.812. The van der Waals surface area contributed by atoms with Gasteiger partial charge in [0.25, 0.3) is 5.54 Å². The van der Waals surface area contributed by atoms with Crippen LogP contribution >= 0.6 is 0 Å². The first-order valence-corrected chi connectivity index (χ1v) is 6.91. The maximum Gasteiger partial charge on any atom is 0.424 e. The molecule has 1 aliphatic rings. The summed E-state index contributed by atoms with van der Waals surface area (Å²) >= 11 is 0. The molecule has 0 radical (unpaired) electrons. The van der Waals surface area contributed by atoms with Crippen molar-refractivity contribution in [3.8, 4) is 0 Å². The first-order valence-electron chi connectivity index (χ1n) is 6.91.